The molecule has 1 aliphatic heterocycles. The van der Waals surface area contributed by atoms with E-state index in [0.717, 1.165) is 17.8 Å². The van der Waals surface area contributed by atoms with Gasteiger partial charge in [0.2, 0.25) is 5.95 Å². The van der Waals surface area contributed by atoms with Gasteiger partial charge in [0.15, 0.2) is 0 Å². The van der Waals surface area contributed by atoms with E-state index in [2.05, 4.69) is 75.2 Å². The van der Waals surface area contributed by atoms with Crippen LogP contribution < -0.4 is 16.0 Å². The van der Waals surface area contributed by atoms with Crippen LogP contribution in [0, 0.1) is 17.2 Å². The molecule has 1 aliphatic rings. The number of piperidine rings is 1. The first-order valence-electron chi connectivity index (χ1n) is 10.1. The molecule has 1 aromatic carbocycles. The molecule has 0 radical (unpaired) electrons. The van der Waals surface area contributed by atoms with Crippen LogP contribution in [-0.4, -0.2) is 47.3 Å². The number of aromatic nitrogens is 6. The third kappa shape index (κ3) is 4.62. The topological polar surface area (TPSA) is 129 Å². The number of nitrogens with zero attached hydrogens (tertiary/aromatic N) is 7. The SMILES string of the molecule is CC1(C)CC(Nc2ccnc(Nc3cccc(-n4cnnn4)c3)n2)C(C#N)C(C)(C)N1. The van der Waals surface area contributed by atoms with Crippen LogP contribution in [-0.2, 0) is 0 Å². The first-order valence-corrected chi connectivity index (χ1v) is 10.1. The van der Waals surface area contributed by atoms with E-state index in [-0.39, 0.29) is 23.0 Å². The first-order chi connectivity index (χ1) is 14.8. The number of hydrogen-bond acceptors (Lipinski definition) is 9. The van der Waals surface area contributed by atoms with Gasteiger partial charge in [-0.15, -0.1) is 5.10 Å². The fourth-order valence-electron chi connectivity index (χ4n) is 4.38. The van der Waals surface area contributed by atoms with Crippen LogP contribution in [0.3, 0.4) is 0 Å². The van der Waals surface area contributed by atoms with Gasteiger partial charge in [-0.05, 0) is 68.8 Å². The second-order valence-corrected chi connectivity index (χ2v) is 8.99. The Kier molecular flexibility index (Phi) is 5.29. The predicted octanol–water partition coefficient (Wildman–Crippen LogP) is 2.67. The molecule has 4 rings (SSSR count). The molecule has 160 valence electrons. The molecule has 0 saturated carbocycles. The van der Waals surface area contributed by atoms with E-state index in [1.807, 2.05) is 30.3 Å². The van der Waals surface area contributed by atoms with Crippen LogP contribution in [0.2, 0.25) is 0 Å². The van der Waals surface area contributed by atoms with Crippen molar-refractivity contribution in [3.63, 3.8) is 0 Å². The summed E-state index contributed by atoms with van der Waals surface area (Å²) in [6.07, 6.45) is 4.03. The highest BCUT2D eigenvalue weighted by molar-refractivity contribution is 5.58. The lowest BCUT2D eigenvalue weighted by molar-refractivity contribution is 0.130. The molecule has 2 aromatic heterocycles. The summed E-state index contributed by atoms with van der Waals surface area (Å²) >= 11 is 0. The lowest BCUT2D eigenvalue weighted by Crippen LogP contribution is -2.65. The Morgan fingerprint density at radius 2 is 2.06 bits per heavy atom. The molecule has 1 fully saturated rings. The van der Waals surface area contributed by atoms with Crippen molar-refractivity contribution in [2.45, 2.75) is 51.2 Å². The minimum atomic E-state index is -0.321. The van der Waals surface area contributed by atoms with E-state index < -0.39 is 0 Å². The molecule has 0 spiro atoms. The van der Waals surface area contributed by atoms with Gasteiger partial charge in [0.05, 0.1) is 17.7 Å². The monoisotopic (exact) mass is 418 g/mol. The number of tetrazole rings is 1. The zero-order chi connectivity index (χ0) is 22.1. The van der Waals surface area contributed by atoms with Crippen molar-refractivity contribution in [2.24, 2.45) is 5.92 Å². The average molecular weight is 419 g/mol. The molecule has 0 bridgehead atoms. The minimum Gasteiger partial charge on any atom is -0.366 e. The summed E-state index contributed by atoms with van der Waals surface area (Å²) in [5.74, 6) is 0.924. The Morgan fingerprint density at radius 1 is 1.23 bits per heavy atom. The van der Waals surface area contributed by atoms with E-state index in [4.69, 9.17) is 0 Å². The van der Waals surface area contributed by atoms with Crippen molar-refractivity contribution in [1.82, 2.24) is 35.5 Å². The maximum absolute atomic E-state index is 9.81. The van der Waals surface area contributed by atoms with Crippen molar-refractivity contribution >= 4 is 17.5 Å². The Bertz CT molecular complexity index is 1080. The highest BCUT2D eigenvalue weighted by Gasteiger charge is 2.46. The highest BCUT2D eigenvalue weighted by Crippen LogP contribution is 2.35. The van der Waals surface area contributed by atoms with Crippen molar-refractivity contribution in [3.8, 4) is 11.8 Å². The van der Waals surface area contributed by atoms with Crippen molar-refractivity contribution in [2.75, 3.05) is 10.6 Å². The Balaban J connectivity index is 1.52. The van der Waals surface area contributed by atoms with E-state index in [1.54, 1.807) is 10.9 Å². The summed E-state index contributed by atoms with van der Waals surface area (Å²) in [6, 6.07) is 11.9. The van der Waals surface area contributed by atoms with Crippen LogP contribution >= 0.6 is 0 Å². The lowest BCUT2D eigenvalue weighted by atomic mass is 9.72. The number of hydrogen-bond donors (Lipinski definition) is 3. The van der Waals surface area contributed by atoms with E-state index in [9.17, 15) is 5.26 Å². The smallest absolute Gasteiger partial charge is 0.229 e. The second-order valence-electron chi connectivity index (χ2n) is 8.99. The number of nitrogens with one attached hydrogen (secondary N) is 3. The molecule has 10 nitrogen and oxygen atoms in total. The summed E-state index contributed by atoms with van der Waals surface area (Å²) in [6.45, 7) is 8.45. The second kappa shape index (κ2) is 7.92. The summed E-state index contributed by atoms with van der Waals surface area (Å²) in [7, 11) is 0. The molecule has 3 N–H and O–H groups in total. The van der Waals surface area contributed by atoms with E-state index in [0.29, 0.717) is 11.8 Å². The molecule has 3 aromatic rings. The molecule has 10 heteroatoms. The summed E-state index contributed by atoms with van der Waals surface area (Å²) in [4.78, 5) is 8.94. The van der Waals surface area contributed by atoms with Gasteiger partial charge < -0.3 is 16.0 Å². The van der Waals surface area contributed by atoms with Gasteiger partial charge in [-0.2, -0.15) is 10.2 Å². The molecular formula is C21H26N10. The fraction of sp³-hybridized carbons (Fsp3) is 0.429. The number of benzene rings is 1. The van der Waals surface area contributed by atoms with Crippen molar-refractivity contribution in [1.29, 1.82) is 5.26 Å². The standard InChI is InChI=1S/C21H26N10/c1-20(2)11-17(16(12-22)21(3,4)28-20)26-18-8-9-23-19(27-18)25-14-6-5-7-15(10-14)31-13-24-29-30-31/h5-10,13,16-17,28H,11H2,1-4H3,(H2,23,25,26,27). The Hall–Kier alpha value is -3.58. The molecule has 3 heterocycles. The number of rotatable bonds is 5. The maximum Gasteiger partial charge on any atom is 0.229 e. The summed E-state index contributed by atoms with van der Waals surface area (Å²) in [5, 5.41) is 31.3. The van der Waals surface area contributed by atoms with Gasteiger partial charge in [-0.3, -0.25) is 0 Å². The molecule has 2 atom stereocenters. The van der Waals surface area contributed by atoms with Crippen molar-refractivity contribution < 1.29 is 0 Å². The number of anilines is 3. The van der Waals surface area contributed by atoms with Gasteiger partial charge in [0, 0.05) is 29.0 Å². The van der Waals surface area contributed by atoms with Gasteiger partial charge in [0.1, 0.15) is 12.1 Å². The number of nitriles is 1. The lowest BCUT2D eigenvalue weighted by Gasteiger charge is -2.49. The average Bonchev–Trinajstić information content (AvgIpc) is 3.21. The van der Waals surface area contributed by atoms with Crippen molar-refractivity contribution in [3.05, 3.63) is 42.9 Å². The molecule has 0 aliphatic carbocycles. The molecule has 2 unspecified atom stereocenters. The van der Waals surface area contributed by atoms with Crippen LogP contribution in [0.25, 0.3) is 5.69 Å². The van der Waals surface area contributed by atoms with E-state index >= 15 is 0 Å². The normalized spacial score (nSPS) is 21.8. The fourth-order valence-corrected chi connectivity index (χ4v) is 4.38. The third-order valence-corrected chi connectivity index (χ3v) is 5.41. The zero-order valence-electron chi connectivity index (χ0n) is 18.0. The quantitative estimate of drug-likeness (QED) is 0.572. The Morgan fingerprint density at radius 3 is 2.81 bits per heavy atom. The van der Waals surface area contributed by atoms with Gasteiger partial charge in [-0.1, -0.05) is 6.07 Å². The largest absolute Gasteiger partial charge is 0.366 e. The van der Waals surface area contributed by atoms with Gasteiger partial charge in [-0.25, -0.2) is 9.67 Å². The maximum atomic E-state index is 9.81. The molecule has 1 saturated heterocycles. The zero-order valence-corrected chi connectivity index (χ0v) is 18.0. The molecule has 31 heavy (non-hydrogen) atoms. The summed E-state index contributed by atoms with van der Waals surface area (Å²) < 4.78 is 1.58. The van der Waals surface area contributed by atoms with Gasteiger partial charge in [0.25, 0.3) is 0 Å². The minimum absolute atomic E-state index is 0.0397. The Labute approximate surface area is 181 Å². The van der Waals surface area contributed by atoms with E-state index in [1.165, 1.54) is 6.33 Å². The third-order valence-electron chi connectivity index (χ3n) is 5.41. The van der Waals surface area contributed by atoms with Crippen LogP contribution in [0.15, 0.2) is 42.9 Å². The van der Waals surface area contributed by atoms with Crippen LogP contribution in [0.4, 0.5) is 17.5 Å². The van der Waals surface area contributed by atoms with Crippen LogP contribution in [0.5, 0.6) is 0 Å². The van der Waals surface area contributed by atoms with Gasteiger partial charge >= 0.3 is 0 Å². The highest BCUT2D eigenvalue weighted by atomic mass is 15.5. The first kappa shape index (κ1) is 20.7. The molecular weight excluding hydrogens is 392 g/mol. The predicted molar refractivity (Wildman–Crippen MR) is 117 cm³/mol. The van der Waals surface area contributed by atoms with Crippen LogP contribution in [0.1, 0.15) is 34.1 Å². The molecule has 0 amide bonds. The summed E-state index contributed by atoms with van der Waals surface area (Å²) in [5.41, 5.74) is 1.21.